The predicted octanol–water partition coefficient (Wildman–Crippen LogP) is 2.08. The van der Waals surface area contributed by atoms with Gasteiger partial charge in [0.05, 0.1) is 11.3 Å². The van der Waals surface area contributed by atoms with Gasteiger partial charge in [-0.25, -0.2) is 0 Å². The van der Waals surface area contributed by atoms with E-state index in [-0.39, 0.29) is 0 Å². The van der Waals surface area contributed by atoms with Gasteiger partial charge in [0.1, 0.15) is 0 Å². The maximum absolute atomic E-state index is 10.0. The Morgan fingerprint density at radius 3 is 2.94 bits per heavy atom. The van der Waals surface area contributed by atoms with Gasteiger partial charge in [-0.2, -0.15) is 0 Å². The molecule has 0 saturated carbocycles. The lowest BCUT2D eigenvalue weighted by Gasteiger charge is -2.46. The molecule has 16 heavy (non-hydrogen) atoms. The van der Waals surface area contributed by atoms with E-state index in [0.29, 0.717) is 5.02 Å². The molecule has 1 N–H and O–H groups in total. The second-order valence-electron chi connectivity index (χ2n) is 4.58. The molecule has 1 aromatic rings. The molecule has 88 valence electrons. The quantitative estimate of drug-likeness (QED) is 0.876. The van der Waals surface area contributed by atoms with Gasteiger partial charge in [0.15, 0.2) is 0 Å². The number of hydrogen-bond donors (Lipinski definition) is 1. The van der Waals surface area contributed by atoms with Gasteiger partial charge in [0.2, 0.25) is 0 Å². The van der Waals surface area contributed by atoms with Crippen LogP contribution < -0.4 is 0 Å². The second-order valence-corrected chi connectivity index (χ2v) is 5.02. The third kappa shape index (κ3) is 2.73. The molecule has 1 saturated heterocycles. The number of likely N-dealkylation sites (tertiary alicyclic amines) is 1. The van der Waals surface area contributed by atoms with Crippen molar-refractivity contribution in [3.63, 3.8) is 0 Å². The topological polar surface area (TPSA) is 36.4 Å². The van der Waals surface area contributed by atoms with Crippen LogP contribution in [0, 0.1) is 0 Å². The molecule has 2 heterocycles. The molecule has 1 aliphatic rings. The van der Waals surface area contributed by atoms with E-state index in [2.05, 4.69) is 16.8 Å². The van der Waals surface area contributed by atoms with Gasteiger partial charge < -0.3 is 5.11 Å². The fourth-order valence-corrected chi connectivity index (χ4v) is 2.47. The van der Waals surface area contributed by atoms with Gasteiger partial charge in [-0.05, 0) is 18.6 Å². The van der Waals surface area contributed by atoms with E-state index in [9.17, 15) is 5.11 Å². The Balaban J connectivity index is 1.85. The summed E-state index contributed by atoms with van der Waals surface area (Å²) >= 11 is 5.89. The molecule has 2 rings (SSSR count). The Bertz CT molecular complexity index is 364. The Labute approximate surface area is 101 Å². The van der Waals surface area contributed by atoms with E-state index in [1.807, 2.05) is 6.07 Å². The molecule has 0 aromatic carbocycles. The molecule has 0 atom stereocenters. The van der Waals surface area contributed by atoms with E-state index in [0.717, 1.165) is 38.2 Å². The Hall–Kier alpha value is -0.640. The molecule has 4 heteroatoms. The SMILES string of the molecule is CCCC1(O)CN(Cc2cc(Cl)ccn2)C1. The first-order chi connectivity index (χ1) is 7.61. The van der Waals surface area contributed by atoms with Gasteiger partial charge in [0.25, 0.3) is 0 Å². The summed E-state index contributed by atoms with van der Waals surface area (Å²) in [6.45, 7) is 4.36. The number of nitrogens with zero attached hydrogens (tertiary/aromatic N) is 2. The first-order valence-electron chi connectivity index (χ1n) is 5.66. The van der Waals surface area contributed by atoms with Gasteiger partial charge in [0, 0.05) is 30.9 Å². The second kappa shape index (κ2) is 4.70. The Kier molecular flexibility index (Phi) is 3.47. The summed E-state index contributed by atoms with van der Waals surface area (Å²) in [4.78, 5) is 6.44. The summed E-state index contributed by atoms with van der Waals surface area (Å²) in [5, 5.41) is 10.7. The molecule has 1 fully saturated rings. The number of pyridine rings is 1. The molecule has 1 aliphatic heterocycles. The van der Waals surface area contributed by atoms with Gasteiger partial charge in [-0.15, -0.1) is 0 Å². The van der Waals surface area contributed by atoms with E-state index < -0.39 is 5.60 Å². The lowest BCUT2D eigenvalue weighted by molar-refractivity contribution is -0.107. The molecular formula is C12H17ClN2O. The van der Waals surface area contributed by atoms with Crippen LogP contribution in [0.3, 0.4) is 0 Å². The minimum absolute atomic E-state index is 0.465. The van der Waals surface area contributed by atoms with Crippen molar-refractivity contribution in [1.29, 1.82) is 0 Å². The minimum atomic E-state index is -0.465. The van der Waals surface area contributed by atoms with E-state index in [1.165, 1.54) is 0 Å². The predicted molar refractivity (Wildman–Crippen MR) is 64.4 cm³/mol. The lowest BCUT2D eigenvalue weighted by atomic mass is 9.89. The first-order valence-corrected chi connectivity index (χ1v) is 6.04. The smallest absolute Gasteiger partial charge is 0.0900 e. The molecule has 0 unspecified atom stereocenters. The number of aromatic nitrogens is 1. The van der Waals surface area contributed by atoms with Crippen LogP contribution in [0.15, 0.2) is 18.3 Å². The van der Waals surface area contributed by atoms with Crippen molar-refractivity contribution >= 4 is 11.6 Å². The van der Waals surface area contributed by atoms with Crippen molar-refractivity contribution in [3.8, 4) is 0 Å². The van der Waals surface area contributed by atoms with Crippen LogP contribution in [0.25, 0.3) is 0 Å². The van der Waals surface area contributed by atoms with E-state index >= 15 is 0 Å². The van der Waals surface area contributed by atoms with Crippen LogP contribution >= 0.6 is 11.6 Å². The third-order valence-corrected chi connectivity index (χ3v) is 3.15. The average molecular weight is 241 g/mol. The summed E-state index contributed by atoms with van der Waals surface area (Å²) in [6.07, 6.45) is 3.63. The Morgan fingerprint density at radius 2 is 2.31 bits per heavy atom. The van der Waals surface area contributed by atoms with Crippen molar-refractivity contribution in [2.75, 3.05) is 13.1 Å². The fraction of sp³-hybridized carbons (Fsp3) is 0.583. The van der Waals surface area contributed by atoms with Gasteiger partial charge >= 0.3 is 0 Å². The summed E-state index contributed by atoms with van der Waals surface area (Å²) in [6, 6.07) is 3.65. The number of β-amino-alcohol motifs (C(OH)–C–C–N with tert-alkyl or cyclic N) is 1. The summed E-state index contributed by atoms with van der Waals surface area (Å²) in [5.41, 5.74) is 0.499. The summed E-state index contributed by atoms with van der Waals surface area (Å²) < 4.78 is 0. The van der Waals surface area contributed by atoms with Crippen LogP contribution in [0.2, 0.25) is 5.02 Å². The molecule has 0 radical (unpaired) electrons. The maximum atomic E-state index is 10.0. The highest BCUT2D eigenvalue weighted by molar-refractivity contribution is 6.30. The number of rotatable bonds is 4. The third-order valence-electron chi connectivity index (χ3n) is 2.92. The van der Waals surface area contributed by atoms with Crippen molar-refractivity contribution in [3.05, 3.63) is 29.0 Å². The zero-order valence-corrected chi connectivity index (χ0v) is 10.2. The normalized spacial score (nSPS) is 19.4. The van der Waals surface area contributed by atoms with Crippen LogP contribution in [-0.4, -0.2) is 33.7 Å². The number of hydrogen-bond acceptors (Lipinski definition) is 3. The van der Waals surface area contributed by atoms with E-state index in [4.69, 9.17) is 11.6 Å². The minimum Gasteiger partial charge on any atom is -0.387 e. The molecular weight excluding hydrogens is 224 g/mol. The molecule has 0 amide bonds. The van der Waals surface area contributed by atoms with Crippen LogP contribution in [0.1, 0.15) is 25.5 Å². The average Bonchev–Trinajstić information content (AvgIpc) is 2.15. The zero-order chi connectivity index (χ0) is 11.6. The molecule has 1 aromatic heterocycles. The van der Waals surface area contributed by atoms with Crippen molar-refractivity contribution < 1.29 is 5.11 Å². The standard InChI is InChI=1S/C12H17ClN2O/c1-2-4-12(16)8-15(9-12)7-11-6-10(13)3-5-14-11/h3,5-6,16H,2,4,7-9H2,1H3. The number of halogens is 1. The van der Waals surface area contributed by atoms with Crippen molar-refractivity contribution in [2.24, 2.45) is 0 Å². The highest BCUT2D eigenvalue weighted by atomic mass is 35.5. The molecule has 0 spiro atoms. The maximum Gasteiger partial charge on any atom is 0.0900 e. The van der Waals surface area contributed by atoms with Crippen molar-refractivity contribution in [2.45, 2.75) is 31.9 Å². The van der Waals surface area contributed by atoms with Crippen LogP contribution in [-0.2, 0) is 6.54 Å². The van der Waals surface area contributed by atoms with Crippen LogP contribution in [0.4, 0.5) is 0 Å². The first kappa shape index (κ1) is 11.8. The zero-order valence-electron chi connectivity index (χ0n) is 9.49. The molecule has 3 nitrogen and oxygen atoms in total. The molecule has 0 aliphatic carbocycles. The van der Waals surface area contributed by atoms with Gasteiger partial charge in [-0.3, -0.25) is 9.88 Å². The fourth-order valence-electron chi connectivity index (χ4n) is 2.29. The highest BCUT2D eigenvalue weighted by Gasteiger charge is 2.39. The summed E-state index contributed by atoms with van der Waals surface area (Å²) in [5.74, 6) is 0. The molecule has 0 bridgehead atoms. The largest absolute Gasteiger partial charge is 0.387 e. The van der Waals surface area contributed by atoms with Gasteiger partial charge in [-0.1, -0.05) is 24.9 Å². The Morgan fingerprint density at radius 1 is 1.56 bits per heavy atom. The van der Waals surface area contributed by atoms with Crippen molar-refractivity contribution in [1.82, 2.24) is 9.88 Å². The van der Waals surface area contributed by atoms with E-state index in [1.54, 1.807) is 12.3 Å². The highest BCUT2D eigenvalue weighted by Crippen LogP contribution is 2.27. The van der Waals surface area contributed by atoms with Crippen LogP contribution in [0.5, 0.6) is 0 Å². The summed E-state index contributed by atoms with van der Waals surface area (Å²) in [7, 11) is 0. The lowest BCUT2D eigenvalue weighted by Crippen LogP contribution is -2.61. The monoisotopic (exact) mass is 240 g/mol. The number of aliphatic hydroxyl groups is 1.